The molecule has 4 N–H and O–H groups in total. The molecule has 0 saturated carbocycles. The monoisotopic (exact) mass is 743 g/mol. The average Bonchev–Trinajstić information content (AvgIpc) is 3.07. The van der Waals surface area contributed by atoms with Gasteiger partial charge in [-0.05, 0) is 72.8 Å². The Hall–Kier alpha value is -5.55. The van der Waals surface area contributed by atoms with Gasteiger partial charge < -0.3 is 20.4 Å². The summed E-state index contributed by atoms with van der Waals surface area (Å²) in [4.78, 5) is 33.0. The van der Waals surface area contributed by atoms with Crippen molar-refractivity contribution in [2.45, 2.75) is 48.8 Å². The summed E-state index contributed by atoms with van der Waals surface area (Å²) in [5, 5.41) is 25.6. The number of azide groups is 1. The molecule has 0 fully saturated rings. The van der Waals surface area contributed by atoms with Crippen LogP contribution in [0.3, 0.4) is 0 Å². The smallest absolute Gasteiger partial charge is 0.407 e. The van der Waals surface area contributed by atoms with Crippen molar-refractivity contribution >= 4 is 27.7 Å². The number of pyridine rings is 1. The van der Waals surface area contributed by atoms with E-state index in [0.29, 0.717) is 6.07 Å². The van der Waals surface area contributed by atoms with Gasteiger partial charge in [0, 0.05) is 41.6 Å². The molecule has 13 nitrogen and oxygen atoms in total. The van der Waals surface area contributed by atoms with Gasteiger partial charge in [-0.15, -0.1) is 0 Å². The molecule has 0 saturated heterocycles. The lowest BCUT2D eigenvalue weighted by Gasteiger charge is -2.27. The van der Waals surface area contributed by atoms with Crippen molar-refractivity contribution in [3.05, 3.63) is 136 Å². The van der Waals surface area contributed by atoms with E-state index in [2.05, 4.69) is 25.0 Å². The molecule has 4 atom stereocenters. The van der Waals surface area contributed by atoms with E-state index in [1.54, 1.807) is 6.07 Å². The number of anilines is 1. The molecule has 0 unspecified atom stereocenters. The number of hydrogen-bond acceptors (Lipinski definition) is 7. The van der Waals surface area contributed by atoms with Crippen LogP contribution < -0.4 is 10.0 Å². The molecule has 1 aromatic heterocycles. The number of hydrogen-bond donors (Lipinski definition) is 4. The van der Waals surface area contributed by atoms with Crippen LogP contribution in [0.1, 0.15) is 36.0 Å². The zero-order valence-electron chi connectivity index (χ0n) is 27.4. The van der Waals surface area contributed by atoms with Gasteiger partial charge in [0.15, 0.2) is 0 Å². The first-order chi connectivity index (χ1) is 24.7. The Kier molecular flexibility index (Phi) is 13.3. The summed E-state index contributed by atoms with van der Waals surface area (Å²) < 4.78 is 86.8. The predicted molar refractivity (Wildman–Crippen MR) is 181 cm³/mol. The predicted octanol–water partition coefficient (Wildman–Crippen LogP) is 5.73. The summed E-state index contributed by atoms with van der Waals surface area (Å²) in [6.07, 6.45) is -1.21. The van der Waals surface area contributed by atoms with Crippen molar-refractivity contribution in [2.24, 2.45) is 5.11 Å². The molecule has 1 heterocycles. The van der Waals surface area contributed by atoms with Crippen LogP contribution in [0.25, 0.3) is 10.4 Å². The highest BCUT2D eigenvalue weighted by atomic mass is 32.2. The third-order valence-corrected chi connectivity index (χ3v) is 9.35. The molecule has 52 heavy (non-hydrogen) atoms. The van der Waals surface area contributed by atoms with E-state index >= 15 is 4.39 Å². The standard InChI is InChI=1S/C34H33F4N7O6S/c1-20(46)18-45(34(48)49)19-26(43-52(50,51)27-5-3-2-4-6-27)11-12-28-29(38)16-40-17-30(28)41-33(47)32(42-44-39)31(21-7-9-23(35)10-8-21)22-13-24(36)15-25(37)14-22/h2-10,13-17,20,26,31-32,43,46H,11-12,18-19H2,1H3,(H,41,47)(H,48,49)/t20-,26+,31-,32-/m0/s1. The molecule has 4 aromatic rings. The van der Waals surface area contributed by atoms with E-state index in [1.807, 2.05) is 0 Å². The fourth-order valence-corrected chi connectivity index (χ4v) is 6.83. The third kappa shape index (κ3) is 10.5. The Morgan fingerprint density at radius 1 is 0.942 bits per heavy atom. The number of sulfonamides is 1. The summed E-state index contributed by atoms with van der Waals surface area (Å²) in [7, 11) is -4.22. The van der Waals surface area contributed by atoms with E-state index in [4.69, 9.17) is 0 Å². The van der Waals surface area contributed by atoms with Gasteiger partial charge >= 0.3 is 6.09 Å². The first-order valence-electron chi connectivity index (χ1n) is 15.6. The number of nitrogens with zero attached hydrogens (tertiary/aromatic N) is 5. The normalized spacial score (nSPS) is 13.7. The maximum absolute atomic E-state index is 15.4. The van der Waals surface area contributed by atoms with Gasteiger partial charge in [-0.1, -0.05) is 35.4 Å². The Bertz CT molecular complexity index is 2020. The number of amides is 2. The Labute approximate surface area is 295 Å². The highest BCUT2D eigenvalue weighted by Crippen LogP contribution is 2.33. The van der Waals surface area contributed by atoms with Crippen molar-refractivity contribution in [1.29, 1.82) is 0 Å². The van der Waals surface area contributed by atoms with Crippen LogP contribution in [0, 0.1) is 23.3 Å². The molecule has 0 bridgehead atoms. The summed E-state index contributed by atoms with van der Waals surface area (Å²) in [6.45, 7) is 0.522. The molecule has 3 aromatic carbocycles. The second-order valence-corrected chi connectivity index (χ2v) is 13.4. The van der Waals surface area contributed by atoms with E-state index in [9.17, 15) is 46.9 Å². The number of rotatable bonds is 16. The zero-order valence-corrected chi connectivity index (χ0v) is 28.2. The van der Waals surface area contributed by atoms with Crippen LogP contribution in [0.5, 0.6) is 0 Å². The minimum Gasteiger partial charge on any atom is -0.465 e. The van der Waals surface area contributed by atoms with Crippen molar-refractivity contribution in [3.8, 4) is 0 Å². The van der Waals surface area contributed by atoms with E-state index < -0.39 is 75.9 Å². The lowest BCUT2D eigenvalue weighted by Crippen LogP contribution is -2.47. The Morgan fingerprint density at radius 2 is 1.60 bits per heavy atom. The van der Waals surface area contributed by atoms with Gasteiger partial charge in [0.05, 0.1) is 29.1 Å². The first kappa shape index (κ1) is 39.2. The molecule has 0 aliphatic carbocycles. The van der Waals surface area contributed by atoms with Crippen molar-refractivity contribution in [3.63, 3.8) is 0 Å². The number of aliphatic hydroxyl groups is 1. The van der Waals surface area contributed by atoms with Gasteiger partial charge in [0.25, 0.3) is 0 Å². The fourth-order valence-electron chi connectivity index (χ4n) is 5.55. The Balaban J connectivity index is 1.68. The van der Waals surface area contributed by atoms with Crippen LogP contribution in [0.4, 0.5) is 28.0 Å². The summed E-state index contributed by atoms with van der Waals surface area (Å²) >= 11 is 0. The highest BCUT2D eigenvalue weighted by molar-refractivity contribution is 7.89. The van der Waals surface area contributed by atoms with Gasteiger partial charge in [0.2, 0.25) is 15.9 Å². The van der Waals surface area contributed by atoms with Gasteiger partial charge in [-0.3, -0.25) is 9.78 Å². The molecular formula is C34H33F4N7O6S. The molecule has 0 radical (unpaired) electrons. The molecule has 274 valence electrons. The van der Waals surface area contributed by atoms with Gasteiger partial charge in [0.1, 0.15) is 29.3 Å². The SMILES string of the molecule is C[C@H](O)CN(C[C@@H](CCc1c(F)cncc1NC(=O)[C@@H](N=[N+]=[N-])[C@@H](c1ccc(F)cc1)c1cc(F)cc(F)c1)NS(=O)(=O)c1ccccc1)C(=O)O. The summed E-state index contributed by atoms with van der Waals surface area (Å²) in [5.41, 5.74) is 8.98. The average molecular weight is 744 g/mol. The van der Waals surface area contributed by atoms with Gasteiger partial charge in [-0.25, -0.2) is 35.5 Å². The number of aliphatic hydroxyl groups excluding tert-OH is 1. The van der Waals surface area contributed by atoms with Crippen molar-refractivity contribution in [1.82, 2.24) is 14.6 Å². The summed E-state index contributed by atoms with van der Waals surface area (Å²) in [6, 6.07) is 11.2. The molecule has 2 amide bonds. The molecule has 18 heteroatoms. The molecule has 0 aliphatic rings. The van der Waals surface area contributed by atoms with Crippen LogP contribution in [0.2, 0.25) is 0 Å². The maximum Gasteiger partial charge on any atom is 0.407 e. The molecule has 0 aliphatic heterocycles. The van der Waals surface area contributed by atoms with Crippen LogP contribution in [-0.2, 0) is 21.2 Å². The lowest BCUT2D eigenvalue weighted by molar-refractivity contribution is -0.117. The second-order valence-electron chi connectivity index (χ2n) is 11.7. The molecule has 0 spiro atoms. The highest BCUT2D eigenvalue weighted by Gasteiger charge is 2.32. The topological polar surface area (TPSA) is 198 Å². The van der Waals surface area contributed by atoms with Crippen LogP contribution in [-0.4, -0.2) is 71.8 Å². The number of carboxylic acid groups (broad SMARTS) is 1. The van der Waals surface area contributed by atoms with E-state index in [-0.39, 0.29) is 46.7 Å². The van der Waals surface area contributed by atoms with E-state index in [1.165, 1.54) is 43.3 Å². The maximum atomic E-state index is 15.4. The largest absolute Gasteiger partial charge is 0.465 e. The van der Waals surface area contributed by atoms with Crippen LogP contribution >= 0.6 is 0 Å². The number of nitrogens with one attached hydrogen (secondary N) is 2. The zero-order chi connectivity index (χ0) is 38.0. The third-order valence-electron chi connectivity index (χ3n) is 7.81. The second kappa shape index (κ2) is 17.6. The lowest BCUT2D eigenvalue weighted by atomic mass is 9.84. The first-order valence-corrected chi connectivity index (χ1v) is 17.1. The number of carbonyl (C=O) groups is 2. The number of aromatic nitrogens is 1. The minimum absolute atomic E-state index is 0.126. The van der Waals surface area contributed by atoms with Gasteiger partial charge in [-0.2, -0.15) is 0 Å². The number of halogens is 4. The molecular weight excluding hydrogens is 710 g/mol. The van der Waals surface area contributed by atoms with Crippen LogP contribution in [0.15, 0.2) is 95.2 Å². The number of benzene rings is 3. The minimum atomic E-state index is -4.22. The van der Waals surface area contributed by atoms with E-state index in [0.717, 1.165) is 41.6 Å². The quantitative estimate of drug-likeness (QED) is 0.0486. The Morgan fingerprint density at radius 3 is 2.19 bits per heavy atom. The fraction of sp³-hybridized carbons (Fsp3) is 0.265. The molecule has 4 rings (SSSR count). The van der Waals surface area contributed by atoms with Crippen molar-refractivity contribution < 1.29 is 45.8 Å². The number of carbonyl (C=O) groups excluding carboxylic acids is 1. The van der Waals surface area contributed by atoms with Crippen molar-refractivity contribution in [2.75, 3.05) is 18.4 Å². The summed E-state index contributed by atoms with van der Waals surface area (Å²) in [5.74, 6) is -6.04.